The van der Waals surface area contributed by atoms with Crippen LogP contribution in [0.5, 0.6) is 0 Å². The van der Waals surface area contributed by atoms with Gasteiger partial charge < -0.3 is 9.80 Å². The van der Waals surface area contributed by atoms with E-state index in [2.05, 4.69) is 42.8 Å². The molecule has 29 heavy (non-hydrogen) atoms. The third-order valence-corrected chi connectivity index (χ3v) is 7.12. The lowest BCUT2D eigenvalue weighted by atomic mass is 9.59. The van der Waals surface area contributed by atoms with Crippen molar-refractivity contribution >= 4 is 11.8 Å². The minimum Gasteiger partial charge on any atom is -0.343 e. The lowest BCUT2D eigenvalue weighted by Crippen LogP contribution is -2.67. The molecule has 1 aromatic rings. The summed E-state index contributed by atoms with van der Waals surface area (Å²) in [4.78, 5) is 34.4. The Balaban J connectivity index is 1.48. The molecule has 0 aromatic carbocycles. The SMILES string of the molecule is CC(C)(C)CC(=O)N1CCC(N2C(=O)C3(CCCCC3)C2c2ccncc2)CC1. The predicted molar refractivity (Wildman–Crippen MR) is 113 cm³/mol. The standard InChI is InChI=1S/C24H35N3O2/c1-23(2,3)17-20(28)26-15-9-19(10-16-26)27-21(18-7-13-25-14-8-18)24(22(27)29)11-5-4-6-12-24/h7-8,13-14,19,21H,4-6,9-12,15-17H2,1-3H3. The van der Waals surface area contributed by atoms with Crippen LogP contribution in [-0.2, 0) is 9.59 Å². The van der Waals surface area contributed by atoms with Crippen molar-refractivity contribution in [1.29, 1.82) is 0 Å². The molecule has 0 N–H and O–H groups in total. The topological polar surface area (TPSA) is 53.5 Å². The second-order valence-corrected chi connectivity index (χ2v) is 10.5. The van der Waals surface area contributed by atoms with Crippen molar-refractivity contribution in [1.82, 2.24) is 14.8 Å². The Labute approximate surface area is 174 Å². The lowest BCUT2D eigenvalue weighted by Gasteiger charge is -2.61. The van der Waals surface area contributed by atoms with Gasteiger partial charge in [-0.25, -0.2) is 0 Å². The number of amides is 2. The fraction of sp³-hybridized carbons (Fsp3) is 0.708. The van der Waals surface area contributed by atoms with Gasteiger partial charge in [0.1, 0.15) is 0 Å². The van der Waals surface area contributed by atoms with Crippen LogP contribution in [-0.4, -0.2) is 45.7 Å². The molecule has 3 fully saturated rings. The van der Waals surface area contributed by atoms with Crippen molar-refractivity contribution in [2.24, 2.45) is 10.8 Å². The molecule has 3 aliphatic rings. The van der Waals surface area contributed by atoms with Gasteiger partial charge in [-0.2, -0.15) is 0 Å². The fourth-order valence-electron chi connectivity index (χ4n) is 5.72. The first-order chi connectivity index (χ1) is 13.8. The Morgan fingerprint density at radius 1 is 1.10 bits per heavy atom. The van der Waals surface area contributed by atoms with E-state index in [0.717, 1.165) is 51.6 Å². The Hall–Kier alpha value is -1.91. The molecule has 0 radical (unpaired) electrons. The molecule has 1 aromatic heterocycles. The van der Waals surface area contributed by atoms with Crippen molar-refractivity contribution in [3.05, 3.63) is 30.1 Å². The molecule has 1 spiro atoms. The Morgan fingerprint density at radius 3 is 2.31 bits per heavy atom. The molecule has 2 aliphatic heterocycles. The maximum atomic E-state index is 13.5. The highest BCUT2D eigenvalue weighted by molar-refractivity contribution is 5.91. The van der Waals surface area contributed by atoms with Crippen LogP contribution in [0.4, 0.5) is 0 Å². The van der Waals surface area contributed by atoms with Crippen molar-refractivity contribution in [3.8, 4) is 0 Å². The zero-order chi connectivity index (χ0) is 20.6. The van der Waals surface area contributed by atoms with Crippen molar-refractivity contribution in [2.75, 3.05) is 13.1 Å². The van der Waals surface area contributed by atoms with E-state index in [1.165, 1.54) is 12.0 Å². The number of aromatic nitrogens is 1. The molecule has 1 aliphatic carbocycles. The van der Waals surface area contributed by atoms with Gasteiger partial charge in [0.05, 0.1) is 11.5 Å². The molecule has 4 rings (SSSR count). The number of carbonyl (C=O) groups is 2. The van der Waals surface area contributed by atoms with Gasteiger partial charge in [0, 0.05) is 37.9 Å². The predicted octanol–water partition coefficient (Wildman–Crippen LogP) is 4.34. The third-order valence-electron chi connectivity index (χ3n) is 7.12. The van der Waals surface area contributed by atoms with Gasteiger partial charge in [0.2, 0.25) is 11.8 Å². The summed E-state index contributed by atoms with van der Waals surface area (Å²) in [6, 6.07) is 4.59. The number of β-lactam (4-membered cyclic amide) rings is 1. The molecule has 0 bridgehead atoms. The maximum absolute atomic E-state index is 13.5. The van der Waals surface area contributed by atoms with E-state index in [1.807, 2.05) is 17.3 Å². The van der Waals surface area contributed by atoms with Crippen LogP contribution in [0.15, 0.2) is 24.5 Å². The van der Waals surface area contributed by atoms with Crippen LogP contribution in [0, 0.1) is 10.8 Å². The monoisotopic (exact) mass is 397 g/mol. The smallest absolute Gasteiger partial charge is 0.232 e. The van der Waals surface area contributed by atoms with Crippen LogP contribution in [0.1, 0.15) is 83.7 Å². The first-order valence-corrected chi connectivity index (χ1v) is 11.3. The Bertz CT molecular complexity index is 741. The molecule has 158 valence electrons. The van der Waals surface area contributed by atoms with Gasteiger partial charge in [0.25, 0.3) is 0 Å². The number of likely N-dealkylation sites (tertiary alicyclic amines) is 2. The first-order valence-electron chi connectivity index (χ1n) is 11.3. The van der Waals surface area contributed by atoms with E-state index >= 15 is 0 Å². The van der Waals surface area contributed by atoms with Crippen LogP contribution in [0.25, 0.3) is 0 Å². The normalized spacial score (nSPS) is 25.2. The minimum atomic E-state index is -0.196. The highest BCUT2D eigenvalue weighted by Crippen LogP contribution is 2.59. The lowest BCUT2D eigenvalue weighted by molar-refractivity contribution is -0.186. The van der Waals surface area contributed by atoms with Gasteiger partial charge >= 0.3 is 0 Å². The van der Waals surface area contributed by atoms with Crippen LogP contribution in [0.3, 0.4) is 0 Å². The summed E-state index contributed by atoms with van der Waals surface area (Å²) < 4.78 is 0. The quantitative estimate of drug-likeness (QED) is 0.713. The van der Waals surface area contributed by atoms with E-state index in [9.17, 15) is 9.59 Å². The molecule has 1 unspecified atom stereocenters. The van der Waals surface area contributed by atoms with Crippen LogP contribution >= 0.6 is 0 Å². The van der Waals surface area contributed by atoms with E-state index < -0.39 is 0 Å². The maximum Gasteiger partial charge on any atom is 0.232 e. The van der Waals surface area contributed by atoms with Crippen LogP contribution < -0.4 is 0 Å². The molecular weight excluding hydrogens is 362 g/mol. The number of pyridine rings is 1. The number of piperidine rings is 1. The summed E-state index contributed by atoms with van der Waals surface area (Å²) in [7, 11) is 0. The van der Waals surface area contributed by atoms with Gasteiger partial charge in [-0.05, 0) is 48.8 Å². The third kappa shape index (κ3) is 3.80. The van der Waals surface area contributed by atoms with Gasteiger partial charge in [-0.15, -0.1) is 0 Å². The second kappa shape index (κ2) is 7.73. The van der Waals surface area contributed by atoms with Crippen molar-refractivity contribution in [3.63, 3.8) is 0 Å². The Morgan fingerprint density at radius 2 is 1.72 bits per heavy atom. The zero-order valence-corrected chi connectivity index (χ0v) is 18.2. The molecule has 1 saturated carbocycles. The van der Waals surface area contributed by atoms with Gasteiger partial charge in [-0.1, -0.05) is 40.0 Å². The first kappa shape index (κ1) is 20.4. The summed E-state index contributed by atoms with van der Waals surface area (Å²) in [6.07, 6.45) is 11.6. The molecular formula is C24H35N3O2. The zero-order valence-electron chi connectivity index (χ0n) is 18.2. The van der Waals surface area contributed by atoms with E-state index in [-0.39, 0.29) is 28.8 Å². The number of rotatable bonds is 3. The summed E-state index contributed by atoms with van der Waals surface area (Å²) in [5.74, 6) is 0.610. The van der Waals surface area contributed by atoms with E-state index in [4.69, 9.17) is 0 Å². The highest BCUT2D eigenvalue weighted by Gasteiger charge is 2.62. The number of nitrogens with zero attached hydrogens (tertiary/aromatic N) is 3. The second-order valence-electron chi connectivity index (χ2n) is 10.5. The van der Waals surface area contributed by atoms with Crippen molar-refractivity contribution in [2.45, 2.75) is 84.2 Å². The van der Waals surface area contributed by atoms with E-state index in [0.29, 0.717) is 12.3 Å². The summed E-state index contributed by atoms with van der Waals surface area (Å²) in [6.45, 7) is 7.86. The van der Waals surface area contributed by atoms with Gasteiger partial charge in [-0.3, -0.25) is 14.6 Å². The summed E-state index contributed by atoms with van der Waals surface area (Å²) >= 11 is 0. The number of hydrogen-bond acceptors (Lipinski definition) is 3. The molecule has 2 amide bonds. The number of carbonyl (C=O) groups excluding carboxylic acids is 2. The minimum absolute atomic E-state index is 0.0151. The molecule has 2 saturated heterocycles. The van der Waals surface area contributed by atoms with Crippen molar-refractivity contribution < 1.29 is 9.59 Å². The van der Waals surface area contributed by atoms with E-state index in [1.54, 1.807) is 0 Å². The molecule has 5 nitrogen and oxygen atoms in total. The fourth-order valence-corrected chi connectivity index (χ4v) is 5.72. The summed E-state index contributed by atoms with van der Waals surface area (Å²) in [5.41, 5.74) is 1.05. The average molecular weight is 398 g/mol. The molecule has 1 atom stereocenters. The highest BCUT2D eigenvalue weighted by atomic mass is 16.2. The molecule has 3 heterocycles. The Kier molecular flexibility index (Phi) is 5.43. The molecule has 5 heteroatoms. The van der Waals surface area contributed by atoms with Crippen LogP contribution in [0.2, 0.25) is 0 Å². The largest absolute Gasteiger partial charge is 0.343 e. The number of hydrogen-bond donors (Lipinski definition) is 0. The summed E-state index contributed by atoms with van der Waals surface area (Å²) in [5, 5.41) is 0. The average Bonchev–Trinajstić information content (AvgIpc) is 2.71. The van der Waals surface area contributed by atoms with Gasteiger partial charge in [0.15, 0.2) is 0 Å².